The fraction of sp³-hybridized carbons (Fsp3) is 0.517. The Bertz CT molecular complexity index is 1410. The fourth-order valence-electron chi connectivity index (χ4n) is 4.81. The molecule has 1 saturated carbocycles. The third-order valence-electron chi connectivity index (χ3n) is 8.22. The quantitative estimate of drug-likeness (QED) is 0.244. The molecule has 1 aliphatic heterocycles. The smallest absolute Gasteiger partial charge is 0.349 e. The van der Waals surface area contributed by atoms with Gasteiger partial charge in [-0.15, -0.1) is 0 Å². The molecule has 0 spiro atoms. The Kier molecular flexibility index (Phi) is 7.37. The third-order valence-corrected chi connectivity index (χ3v) is 13.1. The van der Waals surface area contributed by atoms with E-state index in [1.807, 2.05) is 6.07 Å². The molecule has 0 N–H and O–H groups in total. The van der Waals surface area contributed by atoms with Crippen molar-refractivity contribution in [2.75, 3.05) is 31.3 Å². The molecule has 1 aromatic heterocycles. The molecule has 5 rings (SSSR count). The van der Waals surface area contributed by atoms with Crippen LogP contribution in [0.15, 0.2) is 35.1 Å². The summed E-state index contributed by atoms with van der Waals surface area (Å²) >= 11 is 6.74. The van der Waals surface area contributed by atoms with Crippen molar-refractivity contribution in [1.82, 2.24) is 9.55 Å². The number of anilines is 2. The van der Waals surface area contributed by atoms with E-state index in [2.05, 4.69) is 61.9 Å². The molecule has 0 saturated heterocycles. The van der Waals surface area contributed by atoms with E-state index in [0.717, 1.165) is 16.6 Å². The van der Waals surface area contributed by atoms with Crippen molar-refractivity contribution in [2.45, 2.75) is 64.3 Å². The Hall–Kier alpha value is -2.39. The summed E-state index contributed by atoms with van der Waals surface area (Å²) in [6, 6.07) is 10.0. The van der Waals surface area contributed by atoms with E-state index >= 15 is 0 Å². The first-order valence-corrected chi connectivity index (χ1v) is 16.7. The second kappa shape index (κ2) is 10.3. The predicted octanol–water partition coefficient (Wildman–Crippen LogP) is 6.53. The van der Waals surface area contributed by atoms with Gasteiger partial charge in [-0.2, -0.15) is 4.98 Å². The fourth-order valence-corrected chi connectivity index (χ4v) is 6.05. The SMILES string of the molecule is Cn1c(=O)nc(N2CCOCc3c(C4CC4)cccc32)c2c(OCCO[Si](C)(C)C(C)(C)C)c(Cl)ccc21. The standard InChI is InChI=1S/C29H38ClN3O4Si/c1-29(2,3)38(5,6)37-17-16-36-26-22(30)12-13-24-25(26)27(31-28(34)32(24)4)33-14-15-35-18-21-20(19-10-11-19)8-7-9-23(21)33/h7-9,12-13,19H,10-11,14-18H2,1-6H3. The molecular weight excluding hydrogens is 518 g/mol. The minimum absolute atomic E-state index is 0.112. The topological polar surface area (TPSA) is 65.8 Å². The molecular formula is C29H38ClN3O4Si. The molecule has 7 nitrogen and oxygen atoms in total. The molecule has 3 aromatic rings. The van der Waals surface area contributed by atoms with Gasteiger partial charge in [0.2, 0.25) is 0 Å². The summed E-state index contributed by atoms with van der Waals surface area (Å²) in [5.74, 6) is 1.65. The van der Waals surface area contributed by atoms with E-state index < -0.39 is 8.32 Å². The van der Waals surface area contributed by atoms with E-state index in [4.69, 9.17) is 25.5 Å². The number of benzene rings is 2. The summed E-state index contributed by atoms with van der Waals surface area (Å²) in [6.45, 7) is 13.6. The number of rotatable bonds is 7. The van der Waals surface area contributed by atoms with E-state index in [1.165, 1.54) is 24.0 Å². The van der Waals surface area contributed by atoms with Gasteiger partial charge in [-0.05, 0) is 60.7 Å². The van der Waals surface area contributed by atoms with Gasteiger partial charge in [0.15, 0.2) is 19.9 Å². The van der Waals surface area contributed by atoms with Crippen molar-refractivity contribution < 1.29 is 13.9 Å². The van der Waals surface area contributed by atoms with Gasteiger partial charge in [0.25, 0.3) is 0 Å². The maximum atomic E-state index is 13.0. The predicted molar refractivity (Wildman–Crippen MR) is 156 cm³/mol. The summed E-state index contributed by atoms with van der Waals surface area (Å²) in [6.07, 6.45) is 2.40. The Morgan fingerprint density at radius 2 is 1.92 bits per heavy atom. The summed E-state index contributed by atoms with van der Waals surface area (Å²) in [5, 5.41) is 1.31. The molecule has 38 heavy (non-hydrogen) atoms. The summed E-state index contributed by atoms with van der Waals surface area (Å²) in [4.78, 5) is 19.7. The van der Waals surface area contributed by atoms with Crippen LogP contribution in [0.2, 0.25) is 23.2 Å². The zero-order valence-corrected chi connectivity index (χ0v) is 25.0. The second-order valence-corrected chi connectivity index (χ2v) is 17.0. The zero-order chi connectivity index (χ0) is 27.2. The normalized spacial score (nSPS) is 16.4. The number of ether oxygens (including phenoxy) is 2. The number of nitrogens with zero attached hydrogens (tertiary/aromatic N) is 3. The average molecular weight is 556 g/mol. The van der Waals surface area contributed by atoms with Crippen LogP contribution in [0.25, 0.3) is 10.9 Å². The lowest BCUT2D eigenvalue weighted by Gasteiger charge is -2.36. The van der Waals surface area contributed by atoms with Crippen LogP contribution in [-0.4, -0.2) is 44.2 Å². The maximum absolute atomic E-state index is 13.0. The number of hydrogen-bond donors (Lipinski definition) is 0. The van der Waals surface area contributed by atoms with Crippen LogP contribution in [0, 0.1) is 0 Å². The van der Waals surface area contributed by atoms with E-state index in [1.54, 1.807) is 17.7 Å². The van der Waals surface area contributed by atoms with Crippen LogP contribution >= 0.6 is 11.6 Å². The number of fused-ring (bicyclic) bond motifs is 2. The van der Waals surface area contributed by atoms with Crippen LogP contribution in [0.3, 0.4) is 0 Å². The molecule has 1 aliphatic carbocycles. The van der Waals surface area contributed by atoms with Gasteiger partial charge in [0.05, 0.1) is 35.7 Å². The van der Waals surface area contributed by atoms with Crippen molar-refractivity contribution in [3.63, 3.8) is 0 Å². The zero-order valence-electron chi connectivity index (χ0n) is 23.3. The van der Waals surface area contributed by atoms with Gasteiger partial charge in [-0.1, -0.05) is 44.5 Å². The monoisotopic (exact) mass is 555 g/mol. The average Bonchev–Trinajstić information content (AvgIpc) is 3.71. The van der Waals surface area contributed by atoms with Crippen LogP contribution in [0.1, 0.15) is 50.7 Å². The highest BCUT2D eigenvalue weighted by Gasteiger charge is 2.37. The Morgan fingerprint density at radius 3 is 2.63 bits per heavy atom. The second-order valence-electron chi connectivity index (χ2n) is 11.8. The molecule has 0 bridgehead atoms. The lowest BCUT2D eigenvalue weighted by Crippen LogP contribution is -2.41. The van der Waals surface area contributed by atoms with Gasteiger partial charge in [-0.25, -0.2) is 4.79 Å². The van der Waals surface area contributed by atoms with E-state index in [0.29, 0.717) is 55.5 Å². The molecule has 2 aliphatic rings. The van der Waals surface area contributed by atoms with E-state index in [9.17, 15) is 4.79 Å². The van der Waals surface area contributed by atoms with Crippen molar-refractivity contribution in [3.05, 3.63) is 57.0 Å². The molecule has 0 amide bonds. The molecule has 0 atom stereocenters. The van der Waals surface area contributed by atoms with Gasteiger partial charge in [0, 0.05) is 24.8 Å². The van der Waals surface area contributed by atoms with Crippen molar-refractivity contribution in [1.29, 1.82) is 0 Å². The minimum Gasteiger partial charge on any atom is -0.489 e. The highest BCUT2D eigenvalue weighted by atomic mass is 35.5. The van der Waals surface area contributed by atoms with Crippen LogP contribution < -0.4 is 15.3 Å². The summed E-state index contributed by atoms with van der Waals surface area (Å²) < 4.78 is 20.2. The molecule has 0 unspecified atom stereocenters. The highest BCUT2D eigenvalue weighted by Crippen LogP contribution is 2.46. The van der Waals surface area contributed by atoms with Gasteiger partial charge >= 0.3 is 5.69 Å². The molecule has 204 valence electrons. The lowest BCUT2D eigenvalue weighted by atomic mass is 10.0. The van der Waals surface area contributed by atoms with Gasteiger partial charge in [0.1, 0.15) is 6.61 Å². The number of hydrogen-bond acceptors (Lipinski definition) is 6. The molecule has 0 radical (unpaired) electrons. The largest absolute Gasteiger partial charge is 0.489 e. The van der Waals surface area contributed by atoms with Crippen molar-refractivity contribution in [2.24, 2.45) is 7.05 Å². The summed E-state index contributed by atoms with van der Waals surface area (Å²) in [7, 11) is -0.186. The maximum Gasteiger partial charge on any atom is 0.349 e. The van der Waals surface area contributed by atoms with Crippen molar-refractivity contribution >= 4 is 42.3 Å². The molecule has 2 aromatic carbocycles. The minimum atomic E-state index is -1.91. The number of aryl methyl sites for hydroxylation is 1. The van der Waals surface area contributed by atoms with E-state index in [-0.39, 0.29) is 10.7 Å². The lowest BCUT2D eigenvalue weighted by molar-refractivity contribution is 0.132. The number of aromatic nitrogens is 2. The third kappa shape index (κ3) is 5.11. The first kappa shape index (κ1) is 27.2. The molecule has 2 heterocycles. The summed E-state index contributed by atoms with van der Waals surface area (Å²) in [5.41, 5.74) is 3.93. The van der Waals surface area contributed by atoms with Crippen LogP contribution in [0.4, 0.5) is 11.5 Å². The van der Waals surface area contributed by atoms with Gasteiger partial charge in [-0.3, -0.25) is 4.57 Å². The molecule has 9 heteroatoms. The van der Waals surface area contributed by atoms with Crippen molar-refractivity contribution in [3.8, 4) is 5.75 Å². The Morgan fingerprint density at radius 1 is 1.16 bits per heavy atom. The first-order valence-electron chi connectivity index (χ1n) is 13.4. The molecule has 1 fully saturated rings. The first-order chi connectivity index (χ1) is 18.0. The number of halogens is 1. The Balaban J connectivity index is 1.57. The van der Waals surface area contributed by atoms with Crippen LogP contribution in [-0.2, 0) is 22.8 Å². The highest BCUT2D eigenvalue weighted by molar-refractivity contribution is 6.74. The van der Waals surface area contributed by atoms with Crippen LogP contribution in [0.5, 0.6) is 5.75 Å². The van der Waals surface area contributed by atoms with Gasteiger partial charge < -0.3 is 18.8 Å². The Labute approximate surface area is 230 Å².